The molecule has 0 aromatic carbocycles. The third-order valence-corrected chi connectivity index (χ3v) is 4.52. The van der Waals surface area contributed by atoms with Crippen molar-refractivity contribution >= 4 is 56.4 Å². The van der Waals surface area contributed by atoms with Crippen molar-refractivity contribution in [3.05, 3.63) is 20.3 Å². The van der Waals surface area contributed by atoms with Gasteiger partial charge in [0.25, 0.3) is 5.91 Å². The Morgan fingerprint density at radius 1 is 1.67 bits per heavy atom. The molecule has 0 N–H and O–H groups in total. The molecule has 0 saturated carbocycles. The van der Waals surface area contributed by atoms with Crippen LogP contribution in [0.15, 0.2) is 6.07 Å². The summed E-state index contributed by atoms with van der Waals surface area (Å²) in [6.07, 6.45) is 0. The van der Waals surface area contributed by atoms with Crippen LogP contribution in [-0.4, -0.2) is 29.2 Å². The zero-order valence-electron chi connectivity index (χ0n) is 8.26. The summed E-state index contributed by atoms with van der Waals surface area (Å²) in [6, 6.07) is 1.72. The summed E-state index contributed by atoms with van der Waals surface area (Å²) < 4.78 is 0.974. The van der Waals surface area contributed by atoms with E-state index in [1.807, 2.05) is 6.92 Å². The van der Waals surface area contributed by atoms with Gasteiger partial charge in [0.2, 0.25) is 0 Å². The van der Waals surface area contributed by atoms with E-state index in [4.69, 9.17) is 23.2 Å². The van der Waals surface area contributed by atoms with Crippen molar-refractivity contribution in [1.29, 1.82) is 0 Å². The van der Waals surface area contributed by atoms with E-state index in [0.717, 1.165) is 5.33 Å². The lowest BCUT2D eigenvalue weighted by Crippen LogP contribution is -2.35. The topological polar surface area (TPSA) is 20.3 Å². The largest absolute Gasteiger partial charge is 0.338 e. The molecule has 84 valence electrons. The standard InChI is InChI=1S/C9H10BrCl2NOS/c1-5(4-10)13(2)9(14)6-3-7(11)15-8(6)12/h3,5H,4H2,1-2H3. The fourth-order valence-electron chi connectivity index (χ4n) is 0.980. The third kappa shape index (κ3) is 3.09. The lowest BCUT2D eigenvalue weighted by Gasteiger charge is -2.22. The van der Waals surface area contributed by atoms with Crippen LogP contribution >= 0.6 is 50.5 Å². The van der Waals surface area contributed by atoms with E-state index in [1.54, 1.807) is 18.0 Å². The van der Waals surface area contributed by atoms with Gasteiger partial charge in [0.1, 0.15) is 4.34 Å². The highest BCUT2D eigenvalue weighted by Crippen LogP contribution is 2.32. The highest BCUT2D eigenvalue weighted by molar-refractivity contribution is 9.09. The van der Waals surface area contributed by atoms with Gasteiger partial charge in [0.15, 0.2) is 0 Å². The van der Waals surface area contributed by atoms with E-state index in [9.17, 15) is 4.79 Å². The molecule has 15 heavy (non-hydrogen) atoms. The van der Waals surface area contributed by atoms with Crippen molar-refractivity contribution in [2.45, 2.75) is 13.0 Å². The van der Waals surface area contributed by atoms with Gasteiger partial charge >= 0.3 is 0 Å². The number of halogens is 3. The van der Waals surface area contributed by atoms with E-state index >= 15 is 0 Å². The molecule has 1 aromatic heterocycles. The number of thiophene rings is 1. The highest BCUT2D eigenvalue weighted by atomic mass is 79.9. The molecule has 0 spiro atoms. The minimum Gasteiger partial charge on any atom is -0.338 e. The monoisotopic (exact) mass is 329 g/mol. The van der Waals surface area contributed by atoms with Crippen molar-refractivity contribution in [3.8, 4) is 0 Å². The maximum absolute atomic E-state index is 11.9. The zero-order chi connectivity index (χ0) is 11.6. The first-order chi connectivity index (χ1) is 6.97. The average molecular weight is 331 g/mol. The molecule has 1 heterocycles. The Balaban J connectivity index is 2.89. The van der Waals surface area contributed by atoms with Crippen molar-refractivity contribution < 1.29 is 4.79 Å². The number of hydrogen-bond donors (Lipinski definition) is 0. The third-order valence-electron chi connectivity index (χ3n) is 2.09. The predicted octanol–water partition coefficient (Wildman–Crippen LogP) is 3.91. The second-order valence-electron chi connectivity index (χ2n) is 3.16. The second kappa shape index (κ2) is 5.53. The summed E-state index contributed by atoms with van der Waals surface area (Å²) in [5.74, 6) is -0.102. The number of nitrogens with zero attached hydrogens (tertiary/aromatic N) is 1. The minimum atomic E-state index is -0.102. The van der Waals surface area contributed by atoms with Crippen LogP contribution in [0.5, 0.6) is 0 Å². The molecule has 1 aromatic rings. The average Bonchev–Trinajstić information content (AvgIpc) is 2.54. The number of amides is 1. The van der Waals surface area contributed by atoms with Crippen LogP contribution < -0.4 is 0 Å². The molecule has 0 aliphatic rings. The lowest BCUT2D eigenvalue weighted by atomic mass is 10.2. The fourth-order valence-corrected chi connectivity index (χ4v) is 2.86. The van der Waals surface area contributed by atoms with Gasteiger partial charge in [-0.3, -0.25) is 4.79 Å². The Labute approximate surface area is 111 Å². The summed E-state index contributed by atoms with van der Waals surface area (Å²) in [7, 11) is 1.75. The first kappa shape index (κ1) is 13.3. The van der Waals surface area contributed by atoms with E-state index in [2.05, 4.69) is 15.9 Å². The van der Waals surface area contributed by atoms with Gasteiger partial charge in [-0.1, -0.05) is 39.1 Å². The first-order valence-electron chi connectivity index (χ1n) is 4.25. The van der Waals surface area contributed by atoms with Crippen molar-refractivity contribution in [2.75, 3.05) is 12.4 Å². The molecule has 0 aliphatic carbocycles. The molecule has 0 saturated heterocycles. The number of hydrogen-bond acceptors (Lipinski definition) is 2. The van der Waals surface area contributed by atoms with Crippen molar-refractivity contribution in [1.82, 2.24) is 4.90 Å². The normalized spacial score (nSPS) is 12.6. The number of alkyl halides is 1. The molecular weight excluding hydrogens is 321 g/mol. The number of carbonyl (C=O) groups is 1. The first-order valence-corrected chi connectivity index (χ1v) is 6.94. The number of rotatable bonds is 3. The van der Waals surface area contributed by atoms with Crippen LogP contribution in [0.3, 0.4) is 0 Å². The van der Waals surface area contributed by atoms with Gasteiger partial charge in [-0.2, -0.15) is 0 Å². The van der Waals surface area contributed by atoms with Crippen LogP contribution in [0.2, 0.25) is 8.67 Å². The van der Waals surface area contributed by atoms with Crippen LogP contribution in [0.25, 0.3) is 0 Å². The maximum Gasteiger partial charge on any atom is 0.256 e. The van der Waals surface area contributed by atoms with Crippen molar-refractivity contribution in [3.63, 3.8) is 0 Å². The molecule has 1 atom stereocenters. The summed E-state index contributed by atoms with van der Waals surface area (Å²) >= 11 is 16.2. The molecule has 1 unspecified atom stereocenters. The fraction of sp³-hybridized carbons (Fsp3) is 0.444. The molecule has 6 heteroatoms. The van der Waals surface area contributed by atoms with Crippen LogP contribution in [0.1, 0.15) is 17.3 Å². The molecule has 0 fully saturated rings. The molecule has 2 nitrogen and oxygen atoms in total. The summed E-state index contributed by atoms with van der Waals surface area (Å²) in [5.41, 5.74) is 0.474. The van der Waals surface area contributed by atoms with Crippen molar-refractivity contribution in [2.24, 2.45) is 0 Å². The van der Waals surface area contributed by atoms with E-state index in [1.165, 1.54) is 11.3 Å². The lowest BCUT2D eigenvalue weighted by molar-refractivity contribution is 0.0759. The molecule has 0 bridgehead atoms. The molecule has 0 aliphatic heterocycles. The Hall–Kier alpha value is 0.230. The minimum absolute atomic E-state index is 0.102. The Morgan fingerprint density at radius 2 is 2.27 bits per heavy atom. The van der Waals surface area contributed by atoms with Crippen LogP contribution in [0, 0.1) is 0 Å². The maximum atomic E-state index is 11.9. The Bertz CT molecular complexity index is 369. The quantitative estimate of drug-likeness (QED) is 0.769. The van der Waals surface area contributed by atoms with E-state index in [-0.39, 0.29) is 11.9 Å². The zero-order valence-corrected chi connectivity index (χ0v) is 12.2. The second-order valence-corrected chi connectivity index (χ2v) is 6.09. The van der Waals surface area contributed by atoms with Crippen LogP contribution in [0.4, 0.5) is 0 Å². The Kier molecular flexibility index (Phi) is 4.90. The van der Waals surface area contributed by atoms with E-state index < -0.39 is 0 Å². The van der Waals surface area contributed by atoms with Crippen LogP contribution in [-0.2, 0) is 0 Å². The molecular formula is C9H10BrCl2NOS. The van der Waals surface area contributed by atoms with Gasteiger partial charge in [-0.05, 0) is 13.0 Å². The van der Waals surface area contributed by atoms with Gasteiger partial charge < -0.3 is 4.90 Å². The summed E-state index contributed by atoms with van der Waals surface area (Å²) in [6.45, 7) is 1.95. The smallest absolute Gasteiger partial charge is 0.256 e. The van der Waals surface area contributed by atoms with Gasteiger partial charge in [0, 0.05) is 18.4 Å². The highest BCUT2D eigenvalue weighted by Gasteiger charge is 2.20. The summed E-state index contributed by atoms with van der Waals surface area (Å²) in [5, 5.41) is 0.727. The number of carbonyl (C=O) groups excluding carboxylic acids is 1. The molecule has 1 amide bonds. The summed E-state index contributed by atoms with van der Waals surface area (Å²) in [4.78, 5) is 13.6. The Morgan fingerprint density at radius 3 is 2.67 bits per heavy atom. The van der Waals surface area contributed by atoms with Gasteiger partial charge in [-0.25, -0.2) is 0 Å². The van der Waals surface area contributed by atoms with Gasteiger partial charge in [-0.15, -0.1) is 11.3 Å². The molecule has 1 rings (SSSR count). The van der Waals surface area contributed by atoms with E-state index in [0.29, 0.717) is 14.2 Å². The molecule has 0 radical (unpaired) electrons. The SMILES string of the molecule is CC(CBr)N(C)C(=O)c1cc(Cl)sc1Cl. The van der Waals surface area contributed by atoms with Gasteiger partial charge in [0.05, 0.1) is 9.90 Å². The predicted molar refractivity (Wildman–Crippen MR) is 69.7 cm³/mol.